The molecule has 0 aromatic heterocycles. The van der Waals surface area contributed by atoms with Gasteiger partial charge in [0.15, 0.2) is 0 Å². The molecule has 0 spiro atoms. The lowest BCUT2D eigenvalue weighted by Gasteiger charge is -2.27. The largest absolute Gasteiger partial charge is 0.383 e. The number of anilines is 2. The standard InChI is InChI=1S/C21H28BrN3O4S/c1-5-25(15(2)3)17-8-6-16(7-9-17)24-21(26)19-14-18(10-11-20(19)22)30(27,28)23-12-13-29-4/h6-11,14-15,23H,5,12-13H2,1-4H3,(H,24,26). The van der Waals surface area contributed by atoms with E-state index in [-0.39, 0.29) is 23.6 Å². The maximum Gasteiger partial charge on any atom is 0.256 e. The van der Waals surface area contributed by atoms with Crippen molar-refractivity contribution in [2.45, 2.75) is 31.7 Å². The van der Waals surface area contributed by atoms with Crippen LogP contribution >= 0.6 is 15.9 Å². The molecule has 0 radical (unpaired) electrons. The Hall–Kier alpha value is -1.94. The van der Waals surface area contributed by atoms with Crippen molar-refractivity contribution in [2.75, 3.05) is 37.0 Å². The monoisotopic (exact) mass is 497 g/mol. The van der Waals surface area contributed by atoms with Gasteiger partial charge in [-0.2, -0.15) is 0 Å². The molecule has 0 fully saturated rings. The zero-order chi connectivity index (χ0) is 22.3. The first-order valence-corrected chi connectivity index (χ1v) is 11.9. The molecule has 0 heterocycles. The van der Waals surface area contributed by atoms with Crippen LogP contribution in [0.25, 0.3) is 0 Å². The SMILES string of the molecule is CCN(c1ccc(NC(=O)c2cc(S(=O)(=O)NCCOC)ccc2Br)cc1)C(C)C. The van der Waals surface area contributed by atoms with E-state index >= 15 is 0 Å². The smallest absolute Gasteiger partial charge is 0.256 e. The van der Waals surface area contributed by atoms with Crippen LogP contribution in [0.2, 0.25) is 0 Å². The van der Waals surface area contributed by atoms with E-state index in [2.05, 4.69) is 51.6 Å². The molecule has 2 aromatic rings. The molecule has 7 nitrogen and oxygen atoms in total. The molecule has 2 aromatic carbocycles. The Labute approximate surface area is 187 Å². The first-order valence-electron chi connectivity index (χ1n) is 9.65. The van der Waals surface area contributed by atoms with Gasteiger partial charge in [0.2, 0.25) is 10.0 Å². The number of ether oxygens (including phenoxy) is 1. The third-order valence-electron chi connectivity index (χ3n) is 4.51. The third-order valence-corrected chi connectivity index (χ3v) is 6.66. The van der Waals surface area contributed by atoms with Gasteiger partial charge in [0.05, 0.1) is 17.1 Å². The summed E-state index contributed by atoms with van der Waals surface area (Å²) in [6.45, 7) is 7.64. The van der Waals surface area contributed by atoms with Crippen LogP contribution in [0.15, 0.2) is 51.8 Å². The lowest BCUT2D eigenvalue weighted by molar-refractivity contribution is 0.102. The maximum atomic E-state index is 12.8. The van der Waals surface area contributed by atoms with Crippen molar-refractivity contribution >= 4 is 43.2 Å². The van der Waals surface area contributed by atoms with E-state index in [0.29, 0.717) is 16.2 Å². The van der Waals surface area contributed by atoms with Crippen LogP contribution in [0.3, 0.4) is 0 Å². The number of amides is 1. The topological polar surface area (TPSA) is 87.7 Å². The van der Waals surface area contributed by atoms with Crippen LogP contribution in [0, 0.1) is 0 Å². The fourth-order valence-corrected chi connectivity index (χ4v) is 4.45. The van der Waals surface area contributed by atoms with E-state index in [4.69, 9.17) is 4.74 Å². The molecule has 0 unspecified atom stereocenters. The molecular formula is C21H28BrN3O4S. The van der Waals surface area contributed by atoms with E-state index in [1.54, 1.807) is 6.07 Å². The minimum absolute atomic E-state index is 0.0119. The number of rotatable bonds is 10. The van der Waals surface area contributed by atoms with Crippen molar-refractivity contribution in [1.82, 2.24) is 4.72 Å². The normalized spacial score (nSPS) is 11.5. The van der Waals surface area contributed by atoms with E-state index < -0.39 is 15.9 Å². The Morgan fingerprint density at radius 3 is 2.40 bits per heavy atom. The molecule has 2 N–H and O–H groups in total. The second-order valence-electron chi connectivity index (χ2n) is 6.91. The van der Waals surface area contributed by atoms with Crippen molar-refractivity contribution in [1.29, 1.82) is 0 Å². The summed E-state index contributed by atoms with van der Waals surface area (Å²) in [5.41, 5.74) is 1.93. The highest BCUT2D eigenvalue weighted by Gasteiger charge is 2.18. The molecule has 0 aliphatic carbocycles. The van der Waals surface area contributed by atoms with Crippen LogP contribution in [-0.2, 0) is 14.8 Å². The lowest BCUT2D eigenvalue weighted by atomic mass is 10.2. The summed E-state index contributed by atoms with van der Waals surface area (Å²) in [5.74, 6) is -0.403. The molecular weight excluding hydrogens is 470 g/mol. The van der Waals surface area contributed by atoms with Gasteiger partial charge >= 0.3 is 0 Å². The molecule has 2 rings (SSSR count). The summed E-state index contributed by atoms with van der Waals surface area (Å²) in [4.78, 5) is 15.0. The zero-order valence-corrected chi connectivity index (χ0v) is 20.0. The summed E-state index contributed by atoms with van der Waals surface area (Å²) in [6, 6.07) is 12.3. The number of benzene rings is 2. The Morgan fingerprint density at radius 1 is 1.17 bits per heavy atom. The van der Waals surface area contributed by atoms with Gasteiger partial charge in [0.1, 0.15) is 0 Å². The van der Waals surface area contributed by atoms with Crippen molar-refractivity contribution in [3.8, 4) is 0 Å². The molecule has 0 aliphatic rings. The van der Waals surface area contributed by atoms with Gasteiger partial charge in [0.25, 0.3) is 5.91 Å². The fourth-order valence-electron chi connectivity index (χ4n) is 2.99. The average molecular weight is 498 g/mol. The van der Waals surface area contributed by atoms with Crippen molar-refractivity contribution in [2.24, 2.45) is 0 Å². The zero-order valence-electron chi connectivity index (χ0n) is 17.6. The van der Waals surface area contributed by atoms with E-state index in [1.165, 1.54) is 19.2 Å². The molecule has 164 valence electrons. The predicted octanol–water partition coefficient (Wildman–Crippen LogP) is 3.86. The van der Waals surface area contributed by atoms with Gasteiger partial charge < -0.3 is 15.0 Å². The predicted molar refractivity (Wildman–Crippen MR) is 124 cm³/mol. The molecule has 0 aliphatic heterocycles. The van der Waals surface area contributed by atoms with Crippen LogP contribution in [0.1, 0.15) is 31.1 Å². The lowest BCUT2D eigenvalue weighted by Crippen LogP contribution is -2.30. The summed E-state index contributed by atoms with van der Waals surface area (Å²) >= 11 is 3.33. The number of carbonyl (C=O) groups excluding carboxylic acids is 1. The van der Waals surface area contributed by atoms with Gasteiger partial charge in [-0.3, -0.25) is 4.79 Å². The summed E-state index contributed by atoms with van der Waals surface area (Å²) in [7, 11) is -2.25. The summed E-state index contributed by atoms with van der Waals surface area (Å²) in [6.07, 6.45) is 0. The van der Waals surface area contributed by atoms with Gasteiger partial charge in [-0.05, 0) is 79.2 Å². The van der Waals surface area contributed by atoms with Crippen LogP contribution in [-0.4, -0.2) is 47.2 Å². The number of halogens is 1. The van der Waals surface area contributed by atoms with E-state index in [9.17, 15) is 13.2 Å². The van der Waals surface area contributed by atoms with Gasteiger partial charge in [-0.25, -0.2) is 13.1 Å². The van der Waals surface area contributed by atoms with Crippen LogP contribution < -0.4 is 14.9 Å². The number of sulfonamides is 1. The Kier molecular flexibility index (Phi) is 8.84. The van der Waals surface area contributed by atoms with Crippen LogP contribution in [0.4, 0.5) is 11.4 Å². The van der Waals surface area contributed by atoms with E-state index in [1.807, 2.05) is 24.3 Å². The summed E-state index contributed by atoms with van der Waals surface area (Å²) in [5, 5.41) is 2.82. The van der Waals surface area contributed by atoms with Crippen molar-refractivity contribution in [3.63, 3.8) is 0 Å². The minimum atomic E-state index is -3.74. The number of nitrogens with one attached hydrogen (secondary N) is 2. The van der Waals surface area contributed by atoms with Gasteiger partial charge in [-0.1, -0.05) is 0 Å². The Balaban J connectivity index is 2.19. The number of nitrogens with zero attached hydrogens (tertiary/aromatic N) is 1. The number of methoxy groups -OCH3 is 1. The summed E-state index contributed by atoms with van der Waals surface area (Å²) < 4.78 is 32.6. The average Bonchev–Trinajstić information content (AvgIpc) is 2.69. The first-order chi connectivity index (χ1) is 14.2. The molecule has 1 amide bonds. The maximum absolute atomic E-state index is 12.8. The minimum Gasteiger partial charge on any atom is -0.383 e. The van der Waals surface area contributed by atoms with Crippen LogP contribution in [0.5, 0.6) is 0 Å². The molecule has 0 saturated heterocycles. The molecule has 0 saturated carbocycles. The highest BCUT2D eigenvalue weighted by atomic mass is 79.9. The highest BCUT2D eigenvalue weighted by molar-refractivity contribution is 9.10. The Morgan fingerprint density at radius 2 is 1.83 bits per heavy atom. The molecule has 30 heavy (non-hydrogen) atoms. The number of carbonyl (C=O) groups is 1. The highest BCUT2D eigenvalue weighted by Crippen LogP contribution is 2.24. The van der Waals surface area contributed by atoms with E-state index in [0.717, 1.165) is 12.2 Å². The number of hydrogen-bond acceptors (Lipinski definition) is 5. The van der Waals surface area contributed by atoms with Gasteiger partial charge in [-0.15, -0.1) is 0 Å². The molecule has 9 heteroatoms. The molecule has 0 atom stereocenters. The quantitative estimate of drug-likeness (QED) is 0.486. The first kappa shape index (κ1) is 24.3. The molecule has 0 bridgehead atoms. The van der Waals surface area contributed by atoms with Crippen molar-refractivity contribution < 1.29 is 17.9 Å². The fraction of sp³-hybridized carbons (Fsp3) is 0.381. The third kappa shape index (κ3) is 6.28. The second kappa shape index (κ2) is 10.9. The Bertz CT molecular complexity index is 963. The second-order valence-corrected chi connectivity index (χ2v) is 9.53. The van der Waals surface area contributed by atoms with Gasteiger partial charge in [0, 0.05) is 42.1 Å². The number of hydrogen-bond donors (Lipinski definition) is 2. The van der Waals surface area contributed by atoms with Crippen molar-refractivity contribution in [3.05, 3.63) is 52.5 Å².